The van der Waals surface area contributed by atoms with Gasteiger partial charge in [0.15, 0.2) is 0 Å². The smallest absolute Gasteiger partial charge is 0.306 e. The Balaban J connectivity index is 1.99. The molecule has 4 nitrogen and oxygen atoms in total. The standard InChI is InChI=1S/C8H13NO3S2/c1-12-7(10)2-3-13-4-6-5-14-8(11)9-6/h6H,2-5H2,1H3,(H,9,11). The van der Waals surface area contributed by atoms with E-state index in [4.69, 9.17) is 0 Å². The third-order valence-corrected chi connectivity index (χ3v) is 3.81. The second-order valence-corrected chi connectivity index (χ2v) is 4.98. The fourth-order valence-electron chi connectivity index (χ4n) is 0.999. The van der Waals surface area contributed by atoms with Gasteiger partial charge in [-0.05, 0) is 0 Å². The number of amides is 1. The maximum Gasteiger partial charge on any atom is 0.306 e. The molecule has 0 bridgehead atoms. The van der Waals surface area contributed by atoms with Crippen LogP contribution in [0.2, 0.25) is 0 Å². The lowest BCUT2D eigenvalue weighted by Gasteiger charge is -2.07. The van der Waals surface area contributed by atoms with E-state index < -0.39 is 0 Å². The number of rotatable bonds is 5. The first kappa shape index (κ1) is 11.7. The van der Waals surface area contributed by atoms with Gasteiger partial charge in [-0.15, -0.1) is 0 Å². The van der Waals surface area contributed by atoms with Crippen LogP contribution in [-0.2, 0) is 9.53 Å². The van der Waals surface area contributed by atoms with Gasteiger partial charge in [0.25, 0.3) is 5.24 Å². The van der Waals surface area contributed by atoms with E-state index in [1.807, 2.05) is 0 Å². The summed E-state index contributed by atoms with van der Waals surface area (Å²) < 4.78 is 4.51. The van der Waals surface area contributed by atoms with Crippen LogP contribution < -0.4 is 5.32 Å². The van der Waals surface area contributed by atoms with E-state index >= 15 is 0 Å². The minimum Gasteiger partial charge on any atom is -0.469 e. The van der Waals surface area contributed by atoms with Crippen molar-refractivity contribution in [1.29, 1.82) is 0 Å². The lowest BCUT2D eigenvalue weighted by molar-refractivity contribution is -0.140. The molecule has 14 heavy (non-hydrogen) atoms. The molecule has 1 N–H and O–H groups in total. The molecule has 6 heteroatoms. The topological polar surface area (TPSA) is 55.4 Å². The molecule has 0 aromatic heterocycles. The Bertz CT molecular complexity index is 223. The van der Waals surface area contributed by atoms with Gasteiger partial charge in [-0.2, -0.15) is 11.8 Å². The minimum absolute atomic E-state index is 0.0589. The molecule has 1 amide bonds. The van der Waals surface area contributed by atoms with Crippen LogP contribution in [0.4, 0.5) is 4.79 Å². The van der Waals surface area contributed by atoms with Gasteiger partial charge in [-0.3, -0.25) is 9.59 Å². The fraction of sp³-hybridized carbons (Fsp3) is 0.750. The molecule has 1 atom stereocenters. The largest absolute Gasteiger partial charge is 0.469 e. The van der Waals surface area contributed by atoms with Gasteiger partial charge in [0.05, 0.1) is 13.5 Å². The Hall–Kier alpha value is -0.360. The van der Waals surface area contributed by atoms with Crippen LogP contribution in [0.1, 0.15) is 6.42 Å². The van der Waals surface area contributed by atoms with Crippen LogP contribution in [0.5, 0.6) is 0 Å². The summed E-state index contributed by atoms with van der Waals surface area (Å²) in [4.78, 5) is 21.6. The van der Waals surface area contributed by atoms with Crippen molar-refractivity contribution < 1.29 is 14.3 Å². The van der Waals surface area contributed by atoms with Crippen molar-refractivity contribution in [3.63, 3.8) is 0 Å². The molecular weight excluding hydrogens is 222 g/mol. The van der Waals surface area contributed by atoms with Gasteiger partial charge in [-0.1, -0.05) is 11.8 Å². The lowest BCUT2D eigenvalue weighted by atomic mass is 10.4. The van der Waals surface area contributed by atoms with E-state index in [2.05, 4.69) is 10.1 Å². The van der Waals surface area contributed by atoms with Gasteiger partial charge < -0.3 is 10.1 Å². The number of esters is 1. The zero-order chi connectivity index (χ0) is 10.4. The van der Waals surface area contributed by atoms with Gasteiger partial charge in [0, 0.05) is 23.3 Å². The van der Waals surface area contributed by atoms with Crippen molar-refractivity contribution in [3.05, 3.63) is 0 Å². The first-order valence-electron chi connectivity index (χ1n) is 4.30. The Morgan fingerprint density at radius 2 is 2.57 bits per heavy atom. The Kier molecular flexibility index (Phi) is 5.17. The summed E-state index contributed by atoms with van der Waals surface area (Å²) >= 11 is 2.99. The van der Waals surface area contributed by atoms with Crippen molar-refractivity contribution in [2.45, 2.75) is 12.5 Å². The molecule has 1 fully saturated rings. The van der Waals surface area contributed by atoms with Crippen molar-refractivity contribution in [1.82, 2.24) is 5.32 Å². The molecule has 0 aromatic carbocycles. The average molecular weight is 235 g/mol. The minimum atomic E-state index is -0.178. The highest BCUT2D eigenvalue weighted by Gasteiger charge is 2.20. The number of carbonyl (C=O) groups is 2. The number of hydrogen-bond acceptors (Lipinski definition) is 5. The number of thioether (sulfide) groups is 2. The van der Waals surface area contributed by atoms with Gasteiger partial charge in [-0.25, -0.2) is 0 Å². The van der Waals surface area contributed by atoms with E-state index in [-0.39, 0.29) is 17.3 Å². The number of ether oxygens (including phenoxy) is 1. The summed E-state index contributed by atoms with van der Waals surface area (Å²) in [6, 6.07) is 0.259. The summed E-state index contributed by atoms with van der Waals surface area (Å²) in [5.74, 6) is 2.28. The zero-order valence-corrected chi connectivity index (χ0v) is 9.58. The first-order valence-corrected chi connectivity index (χ1v) is 6.44. The molecule has 0 aromatic rings. The van der Waals surface area contributed by atoms with Crippen LogP contribution in [-0.4, -0.2) is 41.6 Å². The number of nitrogens with one attached hydrogen (secondary N) is 1. The van der Waals surface area contributed by atoms with Crippen LogP contribution in [0.3, 0.4) is 0 Å². The Morgan fingerprint density at radius 1 is 1.79 bits per heavy atom. The van der Waals surface area contributed by atoms with E-state index in [0.29, 0.717) is 6.42 Å². The Morgan fingerprint density at radius 3 is 3.14 bits per heavy atom. The highest BCUT2D eigenvalue weighted by atomic mass is 32.2. The zero-order valence-electron chi connectivity index (χ0n) is 7.95. The predicted molar refractivity (Wildman–Crippen MR) is 58.7 cm³/mol. The molecule has 0 radical (unpaired) electrons. The van der Waals surface area contributed by atoms with Gasteiger partial charge >= 0.3 is 5.97 Å². The molecule has 80 valence electrons. The fourth-order valence-corrected chi connectivity index (χ4v) is 2.92. The first-order chi connectivity index (χ1) is 6.72. The van der Waals surface area contributed by atoms with Crippen LogP contribution in [0, 0.1) is 0 Å². The quantitative estimate of drug-likeness (QED) is 0.571. The monoisotopic (exact) mass is 235 g/mol. The SMILES string of the molecule is COC(=O)CCSCC1CSC(=O)N1. The molecule has 0 spiro atoms. The van der Waals surface area contributed by atoms with Crippen molar-refractivity contribution in [2.24, 2.45) is 0 Å². The molecular formula is C8H13NO3S2. The van der Waals surface area contributed by atoms with Crippen molar-refractivity contribution in [2.75, 3.05) is 24.4 Å². The third-order valence-electron chi connectivity index (χ3n) is 1.73. The predicted octanol–water partition coefficient (Wildman–Crippen LogP) is 1.11. The van der Waals surface area contributed by atoms with Crippen molar-refractivity contribution >= 4 is 34.7 Å². The van der Waals surface area contributed by atoms with Crippen LogP contribution in [0.25, 0.3) is 0 Å². The average Bonchev–Trinajstić information content (AvgIpc) is 2.58. The second-order valence-electron chi connectivity index (χ2n) is 2.84. The maximum atomic E-state index is 10.8. The molecule has 1 unspecified atom stereocenters. The summed E-state index contributed by atoms with van der Waals surface area (Å²) in [5, 5.41) is 2.90. The summed E-state index contributed by atoms with van der Waals surface area (Å²) in [6.45, 7) is 0. The van der Waals surface area contributed by atoms with Crippen molar-refractivity contribution in [3.8, 4) is 0 Å². The molecule has 1 aliphatic rings. The molecule has 1 heterocycles. The van der Waals surface area contributed by atoms with Crippen LogP contribution in [0.15, 0.2) is 0 Å². The lowest BCUT2D eigenvalue weighted by Crippen LogP contribution is -2.28. The third kappa shape index (κ3) is 4.23. The number of carbonyl (C=O) groups excluding carboxylic acids is 2. The van der Waals surface area contributed by atoms with E-state index in [1.54, 1.807) is 11.8 Å². The number of methoxy groups -OCH3 is 1. The molecule has 0 aliphatic carbocycles. The summed E-state index contributed by atoms with van der Waals surface area (Å²) in [7, 11) is 1.39. The summed E-state index contributed by atoms with van der Waals surface area (Å²) in [6.07, 6.45) is 0.439. The maximum absolute atomic E-state index is 10.8. The highest BCUT2D eigenvalue weighted by Crippen LogP contribution is 2.16. The molecule has 1 saturated heterocycles. The molecule has 1 aliphatic heterocycles. The number of hydrogen-bond donors (Lipinski definition) is 1. The van der Waals surface area contributed by atoms with E-state index in [1.165, 1.54) is 18.9 Å². The second kappa shape index (κ2) is 6.19. The van der Waals surface area contributed by atoms with E-state index in [9.17, 15) is 9.59 Å². The molecule has 1 rings (SSSR count). The van der Waals surface area contributed by atoms with E-state index in [0.717, 1.165) is 17.3 Å². The summed E-state index contributed by atoms with van der Waals surface area (Å²) in [5.41, 5.74) is 0. The highest BCUT2D eigenvalue weighted by molar-refractivity contribution is 8.14. The Labute approximate surface area is 91.5 Å². The molecule has 0 saturated carbocycles. The van der Waals surface area contributed by atoms with Gasteiger partial charge in [0.2, 0.25) is 0 Å². The normalized spacial score (nSPS) is 20.6. The van der Waals surface area contributed by atoms with Gasteiger partial charge in [0.1, 0.15) is 0 Å². The van der Waals surface area contributed by atoms with Crippen LogP contribution >= 0.6 is 23.5 Å².